The number of hydrogen-bond donors (Lipinski definition) is 0. The zero-order valence-corrected chi connectivity index (χ0v) is 33.3. The molecule has 5 aromatic rings. The molecular formula is C39H38Br2Cl2Zr-2. The van der Waals surface area contributed by atoms with E-state index in [0.29, 0.717) is 0 Å². The average Bonchev–Trinajstić information content (AvgIpc) is 3.64. The molecule has 0 radical (unpaired) electrons. The van der Waals surface area contributed by atoms with E-state index in [-0.39, 0.29) is 35.6 Å². The van der Waals surface area contributed by atoms with Gasteiger partial charge in [0.1, 0.15) is 0 Å². The molecule has 0 unspecified atom stereocenters. The van der Waals surface area contributed by atoms with Crippen LogP contribution in [0, 0.1) is 6.07 Å². The number of hydrogen-bond acceptors (Lipinski definition) is 0. The molecular weight excluding hydrogens is 790 g/mol. The van der Waals surface area contributed by atoms with Gasteiger partial charge in [-0.05, 0) is 28.4 Å². The van der Waals surface area contributed by atoms with Crippen LogP contribution in [0.2, 0.25) is 0 Å². The van der Waals surface area contributed by atoms with Crippen molar-refractivity contribution >= 4 is 35.1 Å². The molecule has 0 bridgehead atoms. The first kappa shape index (κ1) is 38.7. The fraction of sp³-hybridized carbons (Fsp3) is 0.231. The van der Waals surface area contributed by atoms with Crippen LogP contribution in [0.25, 0.3) is 11.1 Å². The minimum absolute atomic E-state index is 0. The first-order valence-electron chi connectivity index (χ1n) is 14.3. The zero-order chi connectivity index (χ0) is 30.5. The molecule has 1 aliphatic carbocycles. The van der Waals surface area contributed by atoms with Crippen molar-refractivity contribution in [2.45, 2.75) is 58.8 Å². The molecule has 0 amide bonds. The van der Waals surface area contributed by atoms with E-state index >= 15 is 0 Å². The van der Waals surface area contributed by atoms with E-state index in [1.807, 2.05) is 30.3 Å². The molecule has 0 atom stereocenters. The van der Waals surface area contributed by atoms with E-state index in [0.717, 1.165) is 15.4 Å². The number of rotatable bonds is 2. The summed E-state index contributed by atoms with van der Waals surface area (Å²) in [6.07, 6.45) is 1.03. The summed E-state index contributed by atoms with van der Waals surface area (Å²) in [6.45, 7) is 13.6. The second-order valence-electron chi connectivity index (χ2n) is 12.7. The molecule has 5 aromatic carbocycles. The minimum atomic E-state index is 0. The van der Waals surface area contributed by atoms with E-state index < -0.39 is 0 Å². The van der Waals surface area contributed by atoms with Crippen molar-refractivity contribution in [2.75, 3.05) is 0 Å². The second kappa shape index (κ2) is 16.9. The summed E-state index contributed by atoms with van der Waals surface area (Å²) >= 11 is 8.34. The standard InChI is InChI=1S/C21H25.C13H8Br2.C5H5.2ClH.Zr/c1-20(2,3)16-7-9-18-14(12-16)11-15-13-17(21(4,5)6)8-10-19(15)18;14-12-5-1-10(2-6-12)9-11-3-7-13(15)8-4-11;1-2-4-5-3-1;;;/h7-10,12H,11H2,1-6H3;1-8H;1-5H;2*1H;/q-1;;-1;;;+2/p-2. The van der Waals surface area contributed by atoms with Gasteiger partial charge in [-0.15, -0.1) is 11.1 Å². The predicted octanol–water partition coefficient (Wildman–Crippen LogP) is 5.39. The van der Waals surface area contributed by atoms with Crippen molar-refractivity contribution in [3.05, 3.63) is 158 Å². The van der Waals surface area contributed by atoms with Gasteiger partial charge in [-0.2, -0.15) is 42.0 Å². The maximum Gasteiger partial charge on any atom is -0.0132 e. The summed E-state index contributed by atoms with van der Waals surface area (Å²) < 4.78 is 3.62. The molecule has 0 nitrogen and oxygen atoms in total. The van der Waals surface area contributed by atoms with Crippen LogP contribution in [0.1, 0.15) is 74.9 Å². The molecule has 6 rings (SSSR count). The van der Waals surface area contributed by atoms with Crippen molar-refractivity contribution in [1.82, 2.24) is 0 Å². The third-order valence-electron chi connectivity index (χ3n) is 7.29. The maximum atomic E-state index is 3.67. The van der Waals surface area contributed by atoms with Crippen molar-refractivity contribution in [3.63, 3.8) is 0 Å². The predicted molar refractivity (Wildman–Crippen MR) is 184 cm³/mol. The molecule has 44 heavy (non-hydrogen) atoms. The number of fused-ring (bicyclic) bond motifs is 3. The van der Waals surface area contributed by atoms with Gasteiger partial charge in [0, 0.05) is 0 Å². The third kappa shape index (κ3) is 10.5. The Morgan fingerprint density at radius 3 is 1.61 bits per heavy atom. The molecule has 0 aliphatic heterocycles. The fourth-order valence-corrected chi connectivity index (χ4v) is 6.10. The van der Waals surface area contributed by atoms with Crippen molar-refractivity contribution in [3.8, 4) is 11.1 Å². The van der Waals surface area contributed by atoms with E-state index in [1.54, 1.807) is 0 Å². The van der Waals surface area contributed by atoms with E-state index in [1.165, 1.54) is 71.9 Å². The average molecular weight is 829 g/mol. The van der Waals surface area contributed by atoms with Crippen LogP contribution in [-0.4, -0.2) is 3.21 Å². The topological polar surface area (TPSA) is 0 Å². The van der Waals surface area contributed by atoms with Gasteiger partial charge in [-0.1, -0.05) is 65.3 Å². The summed E-state index contributed by atoms with van der Waals surface area (Å²) in [4.78, 5) is 0. The largest absolute Gasteiger partial charge is 1.00 e. The van der Waals surface area contributed by atoms with Crippen LogP contribution in [0.4, 0.5) is 0 Å². The SMILES string of the molecule is Brc1ccc([C](=[Zr+2])c2ccc(Br)cc2)cc1.CC(C)(C)c1[c-]c2c(cc1)-c1ccc(C(C)(C)C)cc1C2.[Cl-].[Cl-].c1cc[cH-]c1. The van der Waals surface area contributed by atoms with Gasteiger partial charge in [0.2, 0.25) is 0 Å². The Bertz CT molecular complexity index is 1500. The molecule has 0 heterocycles. The van der Waals surface area contributed by atoms with Gasteiger partial charge >= 0.3 is 128 Å². The van der Waals surface area contributed by atoms with Crippen LogP contribution in [-0.2, 0) is 41.5 Å². The smallest absolute Gasteiger partial charge is 0.0132 e. The summed E-state index contributed by atoms with van der Waals surface area (Å²) in [6, 6.07) is 42.1. The van der Waals surface area contributed by atoms with Gasteiger partial charge in [0.05, 0.1) is 0 Å². The Kier molecular flexibility index (Phi) is 14.9. The molecule has 0 spiro atoms. The van der Waals surface area contributed by atoms with Crippen LogP contribution in [0.3, 0.4) is 0 Å². The summed E-state index contributed by atoms with van der Waals surface area (Å²) in [5.74, 6) is 0. The maximum absolute atomic E-state index is 3.67. The zero-order valence-electron chi connectivity index (χ0n) is 26.1. The minimum Gasteiger partial charge on any atom is -1.00 e. The Labute approximate surface area is 308 Å². The van der Waals surface area contributed by atoms with Gasteiger partial charge in [-0.3, -0.25) is 0 Å². The number of benzene rings is 4. The van der Waals surface area contributed by atoms with E-state index in [4.69, 9.17) is 0 Å². The molecule has 1 aliphatic rings. The molecule has 0 N–H and O–H groups in total. The normalized spacial score (nSPS) is 11.3. The van der Waals surface area contributed by atoms with Crippen LogP contribution in [0.5, 0.6) is 0 Å². The molecule has 0 saturated heterocycles. The first-order valence-corrected chi connectivity index (χ1v) is 17.1. The third-order valence-corrected chi connectivity index (χ3v) is 9.76. The Balaban J connectivity index is 0.000000260. The van der Waals surface area contributed by atoms with Crippen LogP contribution >= 0.6 is 31.9 Å². The summed E-state index contributed by atoms with van der Waals surface area (Å²) in [5.41, 5.74) is 11.3. The monoisotopic (exact) mass is 824 g/mol. The first-order chi connectivity index (χ1) is 19.8. The summed E-state index contributed by atoms with van der Waals surface area (Å²) in [5, 5.41) is 0. The Hall–Kier alpha value is -1.48. The van der Waals surface area contributed by atoms with Gasteiger partial charge < -0.3 is 24.8 Å². The van der Waals surface area contributed by atoms with Gasteiger partial charge in [-0.25, -0.2) is 12.1 Å². The fourth-order valence-electron chi connectivity index (χ4n) is 4.75. The Morgan fingerprint density at radius 2 is 1.18 bits per heavy atom. The molecule has 0 saturated carbocycles. The summed E-state index contributed by atoms with van der Waals surface area (Å²) in [7, 11) is 0. The van der Waals surface area contributed by atoms with Crippen molar-refractivity contribution in [2.24, 2.45) is 0 Å². The van der Waals surface area contributed by atoms with Crippen LogP contribution in [0.15, 0.2) is 118 Å². The number of halogens is 4. The molecule has 5 heteroatoms. The van der Waals surface area contributed by atoms with Gasteiger partial charge in [0.25, 0.3) is 0 Å². The van der Waals surface area contributed by atoms with Gasteiger partial charge in [0.15, 0.2) is 0 Å². The van der Waals surface area contributed by atoms with Crippen molar-refractivity contribution in [1.29, 1.82) is 0 Å². The van der Waals surface area contributed by atoms with E-state index in [9.17, 15) is 0 Å². The van der Waals surface area contributed by atoms with E-state index in [2.05, 4.69) is 158 Å². The molecule has 0 aromatic heterocycles. The second-order valence-corrected chi connectivity index (χ2v) is 15.7. The quantitative estimate of drug-likeness (QED) is 0.206. The molecule has 228 valence electrons. The van der Waals surface area contributed by atoms with Crippen LogP contribution < -0.4 is 24.8 Å². The Morgan fingerprint density at radius 1 is 0.682 bits per heavy atom. The van der Waals surface area contributed by atoms with Crippen molar-refractivity contribution < 1.29 is 49.0 Å². The molecule has 0 fully saturated rings.